The topological polar surface area (TPSA) is 68.9 Å². The van der Waals surface area contributed by atoms with Crippen molar-refractivity contribution in [2.45, 2.75) is 58.2 Å². The molecule has 1 aliphatic carbocycles. The Balaban J connectivity index is 1.85. The van der Waals surface area contributed by atoms with Crippen molar-refractivity contribution in [2.75, 3.05) is 6.61 Å². The van der Waals surface area contributed by atoms with Crippen LogP contribution in [0.3, 0.4) is 0 Å². The Morgan fingerprint density at radius 3 is 2.53 bits per heavy atom. The molecule has 1 aliphatic rings. The van der Waals surface area contributed by atoms with Gasteiger partial charge >= 0.3 is 5.63 Å². The van der Waals surface area contributed by atoms with E-state index >= 15 is 0 Å². The van der Waals surface area contributed by atoms with E-state index in [0.29, 0.717) is 23.5 Å². The monoisotopic (exact) mass is 408 g/mol. The van der Waals surface area contributed by atoms with Gasteiger partial charge in [0.1, 0.15) is 5.76 Å². The molecule has 1 heterocycles. The summed E-state index contributed by atoms with van der Waals surface area (Å²) in [6.45, 7) is 4.15. The molecule has 0 aliphatic heterocycles. The van der Waals surface area contributed by atoms with Crippen LogP contribution in [0.15, 0.2) is 51.7 Å². The number of benzene rings is 2. The fourth-order valence-corrected chi connectivity index (χ4v) is 4.19. The van der Waals surface area contributed by atoms with Crippen molar-refractivity contribution in [1.29, 1.82) is 0 Å². The number of rotatable bonds is 7. The molecule has 4 rings (SSSR count). The number of hydrogen-bond acceptors (Lipinski definition) is 5. The lowest BCUT2D eigenvalue weighted by atomic mass is 9.96. The van der Waals surface area contributed by atoms with Gasteiger partial charge in [0.15, 0.2) is 11.5 Å². The van der Waals surface area contributed by atoms with Crippen molar-refractivity contribution < 1.29 is 19.0 Å². The van der Waals surface area contributed by atoms with Crippen LogP contribution in [-0.2, 0) is 6.42 Å². The summed E-state index contributed by atoms with van der Waals surface area (Å²) in [5.41, 5.74) is 1.28. The maximum absolute atomic E-state index is 12.5. The third-order valence-electron chi connectivity index (χ3n) is 5.52. The second kappa shape index (κ2) is 8.92. The molecule has 5 nitrogen and oxygen atoms in total. The Morgan fingerprint density at radius 1 is 1.10 bits per heavy atom. The fraction of sp³-hybridized carbons (Fsp3) is 0.400. The Hall–Kier alpha value is -2.79. The van der Waals surface area contributed by atoms with Crippen LogP contribution in [0.1, 0.15) is 45.3 Å². The largest absolute Gasteiger partial charge is 0.490 e. The molecule has 1 fully saturated rings. The normalized spacial score (nSPS) is 15.4. The van der Waals surface area contributed by atoms with Crippen LogP contribution in [0.5, 0.6) is 11.5 Å². The predicted molar refractivity (Wildman–Crippen MR) is 117 cm³/mol. The van der Waals surface area contributed by atoms with Gasteiger partial charge in [-0.1, -0.05) is 24.3 Å². The molecule has 1 atom stereocenters. The third kappa shape index (κ3) is 4.21. The summed E-state index contributed by atoms with van der Waals surface area (Å²) in [4.78, 5) is 12.5. The lowest BCUT2D eigenvalue weighted by Crippen LogP contribution is -2.12. The number of fused-ring (bicyclic) bond motifs is 1. The molecule has 0 bridgehead atoms. The summed E-state index contributed by atoms with van der Waals surface area (Å²) in [5.74, 6) is 1.90. The molecule has 30 heavy (non-hydrogen) atoms. The van der Waals surface area contributed by atoms with E-state index in [9.17, 15) is 9.90 Å². The van der Waals surface area contributed by atoms with Gasteiger partial charge in [-0.15, -0.1) is 0 Å². The van der Waals surface area contributed by atoms with Crippen LogP contribution in [-0.4, -0.2) is 23.9 Å². The molecule has 0 saturated heterocycles. The molecular formula is C25H28O5. The number of ether oxygens (including phenoxy) is 2. The number of aliphatic hydroxyl groups is 1. The summed E-state index contributed by atoms with van der Waals surface area (Å²) in [6.07, 6.45) is 4.38. The van der Waals surface area contributed by atoms with Crippen LogP contribution < -0.4 is 15.1 Å². The smallest absolute Gasteiger partial charge is 0.343 e. The van der Waals surface area contributed by atoms with Crippen molar-refractivity contribution in [3.8, 4) is 22.6 Å². The van der Waals surface area contributed by atoms with Crippen molar-refractivity contribution in [3.63, 3.8) is 0 Å². The van der Waals surface area contributed by atoms with Crippen LogP contribution in [0.25, 0.3) is 21.9 Å². The second-order valence-corrected chi connectivity index (χ2v) is 7.91. The molecular weight excluding hydrogens is 380 g/mol. The van der Waals surface area contributed by atoms with Crippen LogP contribution in [0, 0.1) is 0 Å². The van der Waals surface area contributed by atoms with Gasteiger partial charge in [0.25, 0.3) is 0 Å². The predicted octanol–water partition coefficient (Wildman–Crippen LogP) is 5.10. The van der Waals surface area contributed by atoms with Crippen LogP contribution >= 0.6 is 0 Å². The van der Waals surface area contributed by atoms with E-state index in [2.05, 4.69) is 0 Å². The molecule has 158 valence electrons. The van der Waals surface area contributed by atoms with Crippen molar-refractivity contribution in [1.82, 2.24) is 0 Å². The molecule has 2 aromatic carbocycles. The van der Waals surface area contributed by atoms with E-state index < -0.39 is 11.7 Å². The molecule has 0 amide bonds. The average molecular weight is 408 g/mol. The molecule has 1 aromatic heterocycles. The molecule has 5 heteroatoms. The molecule has 1 unspecified atom stereocenters. The van der Waals surface area contributed by atoms with Gasteiger partial charge in [0.05, 0.1) is 24.2 Å². The van der Waals surface area contributed by atoms with E-state index in [1.165, 1.54) is 12.8 Å². The highest BCUT2D eigenvalue weighted by Gasteiger charge is 2.21. The molecule has 0 radical (unpaired) electrons. The average Bonchev–Trinajstić information content (AvgIpc) is 3.23. The zero-order valence-corrected chi connectivity index (χ0v) is 17.5. The number of aliphatic hydroxyl groups excluding tert-OH is 1. The first kappa shape index (κ1) is 20.5. The minimum Gasteiger partial charge on any atom is -0.490 e. The van der Waals surface area contributed by atoms with Gasteiger partial charge in [0.2, 0.25) is 0 Å². The summed E-state index contributed by atoms with van der Waals surface area (Å²) < 4.78 is 17.7. The van der Waals surface area contributed by atoms with Crippen LogP contribution in [0.4, 0.5) is 0 Å². The zero-order valence-electron chi connectivity index (χ0n) is 17.5. The highest BCUT2D eigenvalue weighted by Crippen LogP contribution is 2.38. The Bertz CT molecular complexity index is 1080. The molecule has 1 N–H and O–H groups in total. The van der Waals surface area contributed by atoms with Crippen LogP contribution in [0.2, 0.25) is 0 Å². The minimum atomic E-state index is -0.635. The summed E-state index contributed by atoms with van der Waals surface area (Å²) in [7, 11) is 0. The summed E-state index contributed by atoms with van der Waals surface area (Å²) in [6, 6.07) is 13.3. The Labute approximate surface area is 176 Å². The molecule has 3 aromatic rings. The number of hydrogen-bond donors (Lipinski definition) is 1. The van der Waals surface area contributed by atoms with Gasteiger partial charge in [-0.05, 0) is 63.3 Å². The lowest BCUT2D eigenvalue weighted by Gasteiger charge is -2.19. The van der Waals surface area contributed by atoms with E-state index in [4.69, 9.17) is 13.9 Å². The van der Waals surface area contributed by atoms with E-state index in [1.54, 1.807) is 13.0 Å². The first-order chi connectivity index (χ1) is 14.6. The Kier molecular flexibility index (Phi) is 6.09. The SMILES string of the molecule is CCOc1cc(-c2c(CC(C)O)oc(=O)c3ccccc23)ccc1OC1CCCC1. The Morgan fingerprint density at radius 2 is 1.83 bits per heavy atom. The van der Waals surface area contributed by atoms with Gasteiger partial charge in [-0.2, -0.15) is 0 Å². The van der Waals surface area contributed by atoms with Crippen molar-refractivity contribution in [3.05, 3.63) is 58.6 Å². The standard InChI is InChI=1S/C25H28O5/c1-3-28-22-15-17(12-13-21(22)29-18-8-4-5-9-18)24-19-10-6-7-11-20(19)25(27)30-23(24)14-16(2)26/h6-7,10-13,15-16,18,26H,3-5,8-9,14H2,1-2H3. The van der Waals surface area contributed by atoms with E-state index in [0.717, 1.165) is 35.1 Å². The molecule has 1 saturated carbocycles. The first-order valence-electron chi connectivity index (χ1n) is 10.7. The van der Waals surface area contributed by atoms with Gasteiger partial charge in [-0.25, -0.2) is 4.79 Å². The minimum absolute atomic E-state index is 0.233. The summed E-state index contributed by atoms with van der Waals surface area (Å²) >= 11 is 0. The molecule has 0 spiro atoms. The lowest BCUT2D eigenvalue weighted by molar-refractivity contribution is 0.186. The van der Waals surface area contributed by atoms with Gasteiger partial charge < -0.3 is 19.0 Å². The summed E-state index contributed by atoms with van der Waals surface area (Å²) in [5, 5.41) is 11.3. The highest BCUT2D eigenvalue weighted by molar-refractivity contribution is 5.97. The van der Waals surface area contributed by atoms with Crippen molar-refractivity contribution >= 4 is 10.8 Å². The quantitative estimate of drug-likeness (QED) is 0.589. The third-order valence-corrected chi connectivity index (χ3v) is 5.52. The highest BCUT2D eigenvalue weighted by atomic mass is 16.5. The fourth-order valence-electron chi connectivity index (χ4n) is 4.19. The van der Waals surface area contributed by atoms with Gasteiger partial charge in [-0.3, -0.25) is 0 Å². The second-order valence-electron chi connectivity index (χ2n) is 7.91. The van der Waals surface area contributed by atoms with Crippen molar-refractivity contribution in [2.24, 2.45) is 0 Å². The van der Waals surface area contributed by atoms with Gasteiger partial charge in [0, 0.05) is 17.4 Å². The zero-order chi connectivity index (χ0) is 21.1. The maximum Gasteiger partial charge on any atom is 0.343 e. The van der Waals surface area contributed by atoms with E-state index in [1.807, 2.05) is 43.3 Å². The first-order valence-corrected chi connectivity index (χ1v) is 10.7. The van der Waals surface area contributed by atoms with E-state index in [-0.39, 0.29) is 12.5 Å². The maximum atomic E-state index is 12.5.